The van der Waals surface area contributed by atoms with Gasteiger partial charge in [-0.25, -0.2) is 0 Å². The molecule has 1 aliphatic carbocycles. The van der Waals surface area contributed by atoms with Crippen molar-refractivity contribution >= 4 is 33.3 Å². The minimum absolute atomic E-state index is 0.151. The van der Waals surface area contributed by atoms with Crippen LogP contribution in [0.3, 0.4) is 0 Å². The lowest BCUT2D eigenvalue weighted by molar-refractivity contribution is -0.117. The number of fused-ring (bicyclic) bond motifs is 1. The van der Waals surface area contributed by atoms with Crippen LogP contribution in [-0.4, -0.2) is 34.8 Å². The molecular weight excluding hydrogens is 299 g/mol. The van der Waals surface area contributed by atoms with Crippen LogP contribution in [0.15, 0.2) is 22.4 Å². The van der Waals surface area contributed by atoms with Crippen LogP contribution in [0.25, 0.3) is 0 Å². The summed E-state index contributed by atoms with van der Waals surface area (Å²) < 4.78 is 10.7. The first-order chi connectivity index (χ1) is 7.44. The molecule has 0 spiro atoms. The van der Waals surface area contributed by atoms with E-state index in [9.17, 15) is 9.90 Å². The van der Waals surface area contributed by atoms with Gasteiger partial charge in [-0.2, -0.15) is 0 Å². The van der Waals surface area contributed by atoms with E-state index in [1.54, 1.807) is 13.0 Å². The highest BCUT2D eigenvalue weighted by atomic mass is 79.9. The molecule has 3 atom stereocenters. The van der Waals surface area contributed by atoms with Crippen molar-refractivity contribution in [1.82, 2.24) is 0 Å². The smallest absolute Gasteiger partial charge is 0.242 e. The average Bonchev–Trinajstić information content (AvgIpc) is 2.93. The molecular formula is C10H10BrClO4. The third kappa shape index (κ3) is 1.20. The van der Waals surface area contributed by atoms with Crippen molar-refractivity contribution in [3.8, 4) is 0 Å². The van der Waals surface area contributed by atoms with E-state index in [-0.39, 0.29) is 5.76 Å². The predicted octanol–water partition coefficient (Wildman–Crippen LogP) is 1.46. The number of aliphatic hydroxyl groups is 1. The Bertz CT molecular complexity index is 419. The summed E-state index contributed by atoms with van der Waals surface area (Å²) in [5.41, 5.74) is -1.25. The number of methoxy groups -OCH3 is 1. The van der Waals surface area contributed by atoms with Crippen LogP contribution in [0, 0.1) is 0 Å². The molecule has 3 unspecified atom stereocenters. The number of rotatable bonds is 2. The average molecular weight is 310 g/mol. The molecule has 1 fully saturated rings. The number of hydrogen-bond acceptors (Lipinski definition) is 4. The van der Waals surface area contributed by atoms with Crippen molar-refractivity contribution in [2.75, 3.05) is 7.11 Å². The van der Waals surface area contributed by atoms with Gasteiger partial charge in [0.2, 0.25) is 10.8 Å². The second-order valence-electron chi connectivity index (χ2n) is 3.59. The molecule has 0 saturated carbocycles. The molecule has 1 heterocycles. The monoisotopic (exact) mass is 308 g/mol. The van der Waals surface area contributed by atoms with Gasteiger partial charge in [-0.05, 0) is 6.92 Å². The number of halogens is 2. The van der Waals surface area contributed by atoms with Crippen molar-refractivity contribution < 1.29 is 19.4 Å². The lowest BCUT2D eigenvalue weighted by Crippen LogP contribution is -2.44. The summed E-state index contributed by atoms with van der Waals surface area (Å²) in [6.45, 7) is 1.75. The van der Waals surface area contributed by atoms with Crippen LogP contribution in [0.4, 0.5) is 0 Å². The van der Waals surface area contributed by atoms with Crippen LogP contribution in [-0.2, 0) is 14.3 Å². The minimum Gasteiger partial charge on any atom is -0.498 e. The fourth-order valence-corrected chi connectivity index (χ4v) is 2.95. The van der Waals surface area contributed by atoms with Crippen LogP contribution in [0.5, 0.6) is 0 Å². The maximum Gasteiger partial charge on any atom is 0.242 e. The third-order valence-corrected chi connectivity index (χ3v) is 4.42. The van der Waals surface area contributed by atoms with Crippen molar-refractivity contribution in [2.45, 2.75) is 23.7 Å². The van der Waals surface area contributed by atoms with Gasteiger partial charge in [0, 0.05) is 10.6 Å². The first-order valence-electron chi connectivity index (χ1n) is 4.63. The molecule has 1 saturated heterocycles. The summed E-state index contributed by atoms with van der Waals surface area (Å²) in [7, 11) is 1.38. The van der Waals surface area contributed by atoms with Crippen LogP contribution in [0.1, 0.15) is 6.92 Å². The van der Waals surface area contributed by atoms with Gasteiger partial charge in [0.25, 0.3) is 0 Å². The summed E-state index contributed by atoms with van der Waals surface area (Å²) in [5, 5.41) is 8.57. The Morgan fingerprint density at radius 3 is 2.94 bits per heavy atom. The molecule has 6 heteroatoms. The molecule has 0 aromatic heterocycles. The molecule has 0 amide bonds. The molecule has 2 aliphatic rings. The van der Waals surface area contributed by atoms with Gasteiger partial charge in [-0.15, -0.1) is 0 Å². The van der Waals surface area contributed by atoms with Gasteiger partial charge >= 0.3 is 0 Å². The number of carbonyl (C=O) groups is 1. The number of aliphatic hydroxyl groups excluding tert-OH is 1. The highest BCUT2D eigenvalue weighted by Crippen LogP contribution is 2.63. The first kappa shape index (κ1) is 12.1. The van der Waals surface area contributed by atoms with E-state index in [1.165, 1.54) is 13.2 Å². The maximum atomic E-state index is 11.7. The molecule has 0 bridgehead atoms. The topological polar surface area (TPSA) is 59.1 Å². The molecule has 1 N–H and O–H groups in total. The van der Waals surface area contributed by atoms with Crippen molar-refractivity contribution in [2.24, 2.45) is 0 Å². The van der Waals surface area contributed by atoms with E-state index in [0.29, 0.717) is 4.48 Å². The molecule has 0 aromatic carbocycles. The molecule has 4 nitrogen and oxygen atoms in total. The fraction of sp³-hybridized carbons (Fsp3) is 0.500. The largest absolute Gasteiger partial charge is 0.498 e. The zero-order valence-electron chi connectivity index (χ0n) is 8.66. The molecule has 0 radical (unpaired) electrons. The SMILES string of the molecule is C/C=C(\Br)C12OC1(Cl)C(=O)C=C(OC)C2O. The number of hydrogen-bond donors (Lipinski definition) is 1. The molecule has 2 rings (SSSR count). The Balaban J connectivity index is 2.51. The Labute approximate surface area is 106 Å². The third-order valence-electron chi connectivity index (χ3n) is 2.83. The van der Waals surface area contributed by atoms with Gasteiger partial charge in [0.1, 0.15) is 11.9 Å². The summed E-state index contributed by atoms with van der Waals surface area (Å²) in [6, 6.07) is 0. The van der Waals surface area contributed by atoms with Crippen molar-refractivity contribution in [1.29, 1.82) is 0 Å². The number of alkyl halides is 1. The fourth-order valence-electron chi connectivity index (χ4n) is 1.88. The van der Waals surface area contributed by atoms with Crippen LogP contribution in [0.2, 0.25) is 0 Å². The number of carbonyl (C=O) groups excluding carboxylic acids is 1. The summed E-state index contributed by atoms with van der Waals surface area (Å²) in [6.07, 6.45) is 1.75. The van der Waals surface area contributed by atoms with E-state index in [2.05, 4.69) is 15.9 Å². The Morgan fingerprint density at radius 2 is 2.44 bits per heavy atom. The van der Waals surface area contributed by atoms with E-state index in [0.717, 1.165) is 0 Å². The van der Waals surface area contributed by atoms with E-state index < -0.39 is 22.5 Å². The summed E-state index contributed by atoms with van der Waals surface area (Å²) >= 11 is 9.29. The second-order valence-corrected chi connectivity index (χ2v) is 4.97. The van der Waals surface area contributed by atoms with E-state index in [1.807, 2.05) is 0 Å². The van der Waals surface area contributed by atoms with E-state index >= 15 is 0 Å². The highest BCUT2D eigenvalue weighted by molar-refractivity contribution is 9.11. The number of ketones is 1. The minimum atomic E-state index is -1.51. The molecule has 0 aromatic rings. The van der Waals surface area contributed by atoms with Gasteiger partial charge in [-0.3, -0.25) is 4.79 Å². The summed E-state index contributed by atoms with van der Waals surface area (Å²) in [5.74, 6) is -0.271. The number of allylic oxidation sites excluding steroid dienone is 1. The quantitative estimate of drug-likeness (QED) is 0.620. The van der Waals surface area contributed by atoms with Crippen molar-refractivity contribution in [3.63, 3.8) is 0 Å². The standard InChI is InChI=1S/C10H10BrClO4/c1-3-6(11)9-8(14)5(15-2)4-7(13)10(9,12)16-9/h3-4,8,14H,1-2H3/b6-3-. The van der Waals surface area contributed by atoms with Gasteiger partial charge < -0.3 is 14.6 Å². The van der Waals surface area contributed by atoms with Crippen molar-refractivity contribution in [3.05, 3.63) is 22.4 Å². The Kier molecular flexibility index (Phi) is 2.70. The van der Waals surface area contributed by atoms with Crippen LogP contribution >= 0.6 is 27.5 Å². The molecule has 1 aliphatic heterocycles. The molecule has 16 heavy (non-hydrogen) atoms. The maximum absolute atomic E-state index is 11.7. The van der Waals surface area contributed by atoms with Crippen LogP contribution < -0.4 is 0 Å². The normalized spacial score (nSPS) is 42.6. The number of ether oxygens (including phenoxy) is 2. The van der Waals surface area contributed by atoms with Gasteiger partial charge in [0.05, 0.1) is 7.11 Å². The highest BCUT2D eigenvalue weighted by Gasteiger charge is 2.81. The molecule has 88 valence electrons. The predicted molar refractivity (Wildman–Crippen MR) is 61.2 cm³/mol. The Hall–Kier alpha value is -0.360. The first-order valence-corrected chi connectivity index (χ1v) is 5.80. The lowest BCUT2D eigenvalue weighted by atomic mass is 9.88. The Morgan fingerprint density at radius 1 is 1.81 bits per heavy atom. The summed E-state index contributed by atoms with van der Waals surface area (Å²) in [4.78, 5) is 11.7. The zero-order chi connectivity index (χ0) is 12.1. The zero-order valence-corrected chi connectivity index (χ0v) is 11.0. The van der Waals surface area contributed by atoms with Gasteiger partial charge in [-0.1, -0.05) is 33.6 Å². The second kappa shape index (κ2) is 3.57. The number of epoxide rings is 1. The lowest BCUT2D eigenvalue weighted by Gasteiger charge is -2.25. The van der Waals surface area contributed by atoms with Gasteiger partial charge in [0.15, 0.2) is 5.60 Å². The van der Waals surface area contributed by atoms with E-state index in [4.69, 9.17) is 21.1 Å².